The Morgan fingerprint density at radius 3 is 3.00 bits per heavy atom. The lowest BCUT2D eigenvalue weighted by Crippen LogP contribution is -2.38. The van der Waals surface area contributed by atoms with Crippen molar-refractivity contribution >= 4 is 32.7 Å². The summed E-state index contributed by atoms with van der Waals surface area (Å²) >= 11 is 3.56. The molecule has 5 rings (SSSR count). The summed E-state index contributed by atoms with van der Waals surface area (Å²) in [6.45, 7) is 0.271. The molecule has 0 fully saturated rings. The molecule has 0 saturated heterocycles. The Bertz CT molecular complexity index is 1060. The van der Waals surface area contributed by atoms with Crippen LogP contribution in [-0.4, -0.2) is 23.7 Å². The summed E-state index contributed by atoms with van der Waals surface area (Å²) < 4.78 is 11.8. The van der Waals surface area contributed by atoms with Gasteiger partial charge in [-0.1, -0.05) is 22.0 Å². The number of ether oxygens (including phenoxy) is 2. The molecule has 1 amide bonds. The first-order valence-electron chi connectivity index (χ1n) is 9.62. The van der Waals surface area contributed by atoms with Gasteiger partial charge in [0.15, 0.2) is 11.5 Å². The minimum Gasteiger partial charge on any atom is -0.454 e. The number of nitrogens with one attached hydrogen (secondary N) is 2. The summed E-state index contributed by atoms with van der Waals surface area (Å²) in [5, 5.41) is 4.48. The average molecular weight is 441 g/mol. The maximum Gasteiger partial charge on any atom is 0.231 e. The fraction of sp³-hybridized carbons (Fsp3) is 0.318. The van der Waals surface area contributed by atoms with Crippen LogP contribution in [0.15, 0.2) is 40.9 Å². The predicted octanol–water partition coefficient (Wildman–Crippen LogP) is 4.27. The lowest BCUT2D eigenvalue weighted by Gasteiger charge is -2.23. The fourth-order valence-corrected chi connectivity index (χ4v) is 4.53. The van der Waals surface area contributed by atoms with Gasteiger partial charge in [0.05, 0.1) is 0 Å². The number of rotatable bonds is 4. The topological polar surface area (TPSA) is 63.4 Å². The molecule has 2 aromatic carbocycles. The molecule has 0 unspecified atom stereocenters. The molecule has 28 heavy (non-hydrogen) atoms. The molecule has 2 N–H and O–H groups in total. The third-order valence-corrected chi connectivity index (χ3v) is 6.09. The lowest BCUT2D eigenvalue weighted by molar-refractivity contribution is -0.121. The molecule has 5 nitrogen and oxygen atoms in total. The molecule has 1 aromatic heterocycles. The standard InChI is InChI=1S/C22H21BrN2O3/c23-14-3-5-18-16(10-14)17-11-15(4-6-19(17)25-18)24-22(26)8-2-13-1-7-20-21(9-13)28-12-27-20/h1,3,5,7,9-10,15,25H,2,4,6,8,11-12H2,(H,24,26)/t15-/m0/s1. The Morgan fingerprint density at radius 1 is 1.18 bits per heavy atom. The van der Waals surface area contributed by atoms with E-state index in [1.54, 1.807) is 0 Å². The highest BCUT2D eigenvalue weighted by atomic mass is 79.9. The third kappa shape index (κ3) is 3.37. The van der Waals surface area contributed by atoms with Crippen molar-refractivity contribution in [3.05, 3.63) is 57.7 Å². The number of carbonyl (C=O) groups is 1. The van der Waals surface area contributed by atoms with E-state index in [4.69, 9.17) is 9.47 Å². The van der Waals surface area contributed by atoms with Crippen molar-refractivity contribution in [3.63, 3.8) is 0 Å². The molecule has 0 spiro atoms. The molecule has 2 aliphatic rings. The van der Waals surface area contributed by atoms with Gasteiger partial charge in [0.2, 0.25) is 12.7 Å². The van der Waals surface area contributed by atoms with Gasteiger partial charge in [-0.05, 0) is 67.1 Å². The molecule has 1 aliphatic heterocycles. The maximum atomic E-state index is 12.5. The highest BCUT2D eigenvalue weighted by Gasteiger charge is 2.24. The number of halogens is 1. The zero-order chi connectivity index (χ0) is 19.1. The van der Waals surface area contributed by atoms with Gasteiger partial charge in [0.25, 0.3) is 0 Å². The van der Waals surface area contributed by atoms with Crippen LogP contribution < -0.4 is 14.8 Å². The Kier molecular flexibility index (Phi) is 4.51. The number of aryl methyl sites for hydroxylation is 2. The molecule has 1 aliphatic carbocycles. The quantitative estimate of drug-likeness (QED) is 0.636. The SMILES string of the molecule is O=C(CCc1ccc2c(c1)OCO2)N[C@H]1CCc2[nH]c3ccc(Br)cc3c2C1. The van der Waals surface area contributed by atoms with Gasteiger partial charge in [0.1, 0.15) is 0 Å². The molecular formula is C22H21BrN2O3. The van der Waals surface area contributed by atoms with E-state index in [9.17, 15) is 4.79 Å². The Morgan fingerprint density at radius 2 is 2.07 bits per heavy atom. The third-order valence-electron chi connectivity index (χ3n) is 5.59. The number of carbonyl (C=O) groups excluding carboxylic acids is 1. The van der Waals surface area contributed by atoms with Crippen LogP contribution >= 0.6 is 15.9 Å². The lowest BCUT2D eigenvalue weighted by atomic mass is 9.91. The van der Waals surface area contributed by atoms with Gasteiger partial charge in [-0.2, -0.15) is 0 Å². The monoisotopic (exact) mass is 440 g/mol. The van der Waals surface area contributed by atoms with E-state index in [0.29, 0.717) is 12.8 Å². The minimum absolute atomic E-state index is 0.104. The van der Waals surface area contributed by atoms with Gasteiger partial charge in [-0.25, -0.2) is 0 Å². The van der Waals surface area contributed by atoms with Crippen molar-refractivity contribution in [2.24, 2.45) is 0 Å². The largest absolute Gasteiger partial charge is 0.454 e. The highest BCUT2D eigenvalue weighted by molar-refractivity contribution is 9.10. The van der Waals surface area contributed by atoms with Crippen molar-refractivity contribution in [3.8, 4) is 11.5 Å². The molecule has 2 heterocycles. The van der Waals surface area contributed by atoms with E-state index in [2.05, 4.69) is 44.4 Å². The second kappa shape index (κ2) is 7.17. The van der Waals surface area contributed by atoms with E-state index < -0.39 is 0 Å². The highest BCUT2D eigenvalue weighted by Crippen LogP contribution is 2.33. The van der Waals surface area contributed by atoms with E-state index in [1.807, 2.05) is 18.2 Å². The van der Waals surface area contributed by atoms with Crippen molar-refractivity contribution < 1.29 is 14.3 Å². The average Bonchev–Trinajstić information content (AvgIpc) is 3.30. The summed E-state index contributed by atoms with van der Waals surface area (Å²) in [4.78, 5) is 16.0. The number of fused-ring (bicyclic) bond motifs is 4. The molecule has 0 saturated carbocycles. The number of hydrogen-bond donors (Lipinski definition) is 2. The minimum atomic E-state index is 0.104. The second-order valence-electron chi connectivity index (χ2n) is 7.47. The van der Waals surface area contributed by atoms with Crippen molar-refractivity contribution in [2.45, 2.75) is 38.1 Å². The number of benzene rings is 2. The van der Waals surface area contributed by atoms with Crippen LogP contribution in [0.3, 0.4) is 0 Å². The zero-order valence-electron chi connectivity index (χ0n) is 15.4. The van der Waals surface area contributed by atoms with Gasteiger partial charge in [-0.3, -0.25) is 4.79 Å². The first-order valence-corrected chi connectivity index (χ1v) is 10.4. The predicted molar refractivity (Wildman–Crippen MR) is 111 cm³/mol. The summed E-state index contributed by atoms with van der Waals surface area (Å²) in [6.07, 6.45) is 3.98. The first-order chi connectivity index (χ1) is 13.7. The zero-order valence-corrected chi connectivity index (χ0v) is 17.0. The van der Waals surface area contributed by atoms with Gasteiger partial charge < -0.3 is 19.8 Å². The van der Waals surface area contributed by atoms with Crippen LogP contribution in [0.1, 0.15) is 29.7 Å². The van der Waals surface area contributed by atoms with Crippen LogP contribution in [0.25, 0.3) is 10.9 Å². The summed E-state index contributed by atoms with van der Waals surface area (Å²) in [5.74, 6) is 1.65. The Balaban J connectivity index is 1.22. The number of amides is 1. The van der Waals surface area contributed by atoms with Gasteiger partial charge in [-0.15, -0.1) is 0 Å². The molecule has 3 aromatic rings. The van der Waals surface area contributed by atoms with Crippen molar-refractivity contribution in [1.82, 2.24) is 10.3 Å². The molecule has 1 atom stereocenters. The van der Waals surface area contributed by atoms with Gasteiger partial charge >= 0.3 is 0 Å². The smallest absolute Gasteiger partial charge is 0.231 e. The Labute approximate surface area is 171 Å². The fourth-order valence-electron chi connectivity index (χ4n) is 4.17. The second-order valence-corrected chi connectivity index (χ2v) is 8.38. The first kappa shape index (κ1) is 17.6. The van der Waals surface area contributed by atoms with Crippen LogP contribution in [0.5, 0.6) is 11.5 Å². The number of aromatic amines is 1. The van der Waals surface area contributed by atoms with Crippen molar-refractivity contribution in [2.75, 3.05) is 6.79 Å². The molecule has 0 radical (unpaired) electrons. The summed E-state index contributed by atoms with van der Waals surface area (Å²) in [5.41, 5.74) is 4.90. The molecular weight excluding hydrogens is 420 g/mol. The van der Waals surface area contributed by atoms with Crippen LogP contribution in [-0.2, 0) is 24.1 Å². The van der Waals surface area contributed by atoms with E-state index in [0.717, 1.165) is 40.8 Å². The number of hydrogen-bond acceptors (Lipinski definition) is 3. The Hall–Kier alpha value is -2.47. The summed E-state index contributed by atoms with van der Waals surface area (Å²) in [7, 11) is 0. The van der Waals surface area contributed by atoms with Crippen LogP contribution in [0.2, 0.25) is 0 Å². The van der Waals surface area contributed by atoms with E-state index >= 15 is 0 Å². The van der Waals surface area contributed by atoms with Crippen LogP contribution in [0, 0.1) is 0 Å². The maximum absolute atomic E-state index is 12.5. The molecule has 144 valence electrons. The van der Waals surface area contributed by atoms with Crippen LogP contribution in [0.4, 0.5) is 0 Å². The normalized spacial score (nSPS) is 17.5. The van der Waals surface area contributed by atoms with Crippen molar-refractivity contribution in [1.29, 1.82) is 0 Å². The van der Waals surface area contributed by atoms with E-state index in [-0.39, 0.29) is 18.7 Å². The van der Waals surface area contributed by atoms with Gasteiger partial charge in [0, 0.05) is 33.5 Å². The summed E-state index contributed by atoms with van der Waals surface area (Å²) in [6, 6.07) is 12.4. The van der Waals surface area contributed by atoms with E-state index in [1.165, 1.54) is 22.2 Å². The molecule has 6 heteroatoms. The number of aromatic nitrogens is 1. The number of H-pyrrole nitrogens is 1. The molecule has 0 bridgehead atoms.